The highest BCUT2D eigenvalue weighted by atomic mass is 35.5. The van der Waals surface area contributed by atoms with Crippen LogP contribution < -0.4 is 10.6 Å². The molecule has 9 heteroatoms. The maximum Gasteiger partial charge on any atom is 0.227 e. The van der Waals surface area contributed by atoms with Gasteiger partial charge in [-0.1, -0.05) is 18.5 Å². The summed E-state index contributed by atoms with van der Waals surface area (Å²) in [5.74, 6) is 1.32. The minimum atomic E-state index is -0.144. The maximum atomic E-state index is 13.2. The fourth-order valence-electron chi connectivity index (χ4n) is 4.96. The number of aromatic nitrogens is 3. The molecule has 4 atom stereocenters. The lowest BCUT2D eigenvalue weighted by Crippen LogP contribution is -2.17. The minimum Gasteiger partial charge on any atom is -0.351 e. The van der Waals surface area contributed by atoms with Crippen molar-refractivity contribution in [2.45, 2.75) is 38.3 Å². The van der Waals surface area contributed by atoms with Gasteiger partial charge in [-0.25, -0.2) is 9.97 Å². The van der Waals surface area contributed by atoms with Gasteiger partial charge in [0.25, 0.3) is 0 Å². The monoisotopic (exact) mass is 487 g/mol. The number of fused-ring (bicyclic) bond motifs is 1. The molecule has 1 fully saturated rings. The largest absolute Gasteiger partial charge is 0.351 e. The highest BCUT2D eigenvalue weighted by Gasteiger charge is 2.47. The number of rotatable bonds is 6. The molecule has 4 unspecified atom stereocenters. The van der Waals surface area contributed by atoms with E-state index in [1.165, 1.54) is 0 Å². The maximum absolute atomic E-state index is 13.2. The Balaban J connectivity index is 1.20. The Morgan fingerprint density at radius 1 is 1.23 bits per heavy atom. The molecule has 0 amide bonds. The van der Waals surface area contributed by atoms with E-state index in [9.17, 15) is 4.79 Å². The second-order valence-electron chi connectivity index (χ2n) is 9.43. The molecule has 3 aliphatic heterocycles. The first-order valence-corrected chi connectivity index (χ1v) is 12.4. The van der Waals surface area contributed by atoms with Gasteiger partial charge >= 0.3 is 0 Å². The van der Waals surface area contributed by atoms with Crippen molar-refractivity contribution < 1.29 is 4.79 Å². The van der Waals surface area contributed by atoms with E-state index in [-0.39, 0.29) is 17.9 Å². The normalized spacial score (nSPS) is 25.5. The minimum absolute atomic E-state index is 0.0811. The first-order valence-electron chi connectivity index (χ1n) is 12.0. The van der Waals surface area contributed by atoms with Gasteiger partial charge in [0, 0.05) is 42.0 Å². The van der Waals surface area contributed by atoms with Crippen LogP contribution >= 0.6 is 11.6 Å². The molecule has 1 saturated heterocycles. The van der Waals surface area contributed by atoms with Crippen molar-refractivity contribution in [2.24, 2.45) is 21.8 Å². The number of aliphatic imine (C=N–C) groups is 2. The third-order valence-electron chi connectivity index (χ3n) is 6.83. The molecule has 178 valence electrons. The number of nitrogens with zero attached hydrogens (tertiary/aromatic N) is 4. The summed E-state index contributed by atoms with van der Waals surface area (Å²) >= 11 is 6.58. The van der Waals surface area contributed by atoms with Gasteiger partial charge in [-0.3, -0.25) is 14.8 Å². The number of H-pyrrole nitrogens is 1. The molecular weight excluding hydrogens is 462 g/mol. The van der Waals surface area contributed by atoms with Gasteiger partial charge in [-0.15, -0.1) is 0 Å². The van der Waals surface area contributed by atoms with Crippen molar-refractivity contribution in [1.29, 1.82) is 0 Å². The number of anilines is 2. The third-order valence-corrected chi connectivity index (χ3v) is 7.12. The van der Waals surface area contributed by atoms with Crippen LogP contribution in [0.4, 0.5) is 11.6 Å². The Kier molecular flexibility index (Phi) is 5.70. The molecule has 0 bridgehead atoms. The van der Waals surface area contributed by atoms with E-state index in [0.717, 1.165) is 53.8 Å². The average Bonchev–Trinajstić information content (AvgIpc) is 3.44. The zero-order valence-electron chi connectivity index (χ0n) is 19.3. The van der Waals surface area contributed by atoms with Crippen LogP contribution in [-0.2, 0) is 0 Å². The van der Waals surface area contributed by atoms with E-state index >= 15 is 0 Å². The van der Waals surface area contributed by atoms with E-state index in [0.29, 0.717) is 28.5 Å². The molecule has 0 aliphatic carbocycles. The summed E-state index contributed by atoms with van der Waals surface area (Å²) in [6.07, 6.45) is 10.8. The fraction of sp³-hybridized carbons (Fsp3) is 0.346. The number of benzene rings is 1. The zero-order valence-corrected chi connectivity index (χ0v) is 20.1. The molecule has 0 saturated carbocycles. The van der Waals surface area contributed by atoms with E-state index in [4.69, 9.17) is 11.6 Å². The van der Waals surface area contributed by atoms with Crippen molar-refractivity contribution >= 4 is 58.0 Å². The summed E-state index contributed by atoms with van der Waals surface area (Å²) in [5, 5.41) is 8.01. The summed E-state index contributed by atoms with van der Waals surface area (Å²) in [6.45, 7) is 2.92. The Morgan fingerprint density at radius 2 is 2.14 bits per heavy atom. The van der Waals surface area contributed by atoms with Crippen LogP contribution in [0.15, 0.2) is 46.5 Å². The van der Waals surface area contributed by atoms with E-state index in [2.05, 4.69) is 48.6 Å². The average molecular weight is 488 g/mol. The Bertz CT molecular complexity index is 1380. The number of hydrogen-bond acceptors (Lipinski definition) is 7. The molecule has 6 rings (SSSR count). The number of Topliss-reactive ketones (excluding diaryl/α,β-unsaturated/α-hetero) is 1. The fourth-order valence-corrected chi connectivity index (χ4v) is 5.24. The number of halogens is 1. The predicted molar refractivity (Wildman–Crippen MR) is 140 cm³/mol. The number of aromatic amines is 1. The van der Waals surface area contributed by atoms with Crippen molar-refractivity contribution in [1.82, 2.24) is 20.3 Å². The molecule has 3 aromatic rings. The lowest BCUT2D eigenvalue weighted by atomic mass is 9.93. The van der Waals surface area contributed by atoms with Gasteiger partial charge in [0.05, 0.1) is 33.7 Å². The Hall–Kier alpha value is -3.36. The molecule has 3 aliphatic rings. The summed E-state index contributed by atoms with van der Waals surface area (Å²) in [6, 6.07) is 7.56. The van der Waals surface area contributed by atoms with Gasteiger partial charge < -0.3 is 15.6 Å². The second kappa shape index (κ2) is 9.02. The van der Waals surface area contributed by atoms with Gasteiger partial charge in [-0.05, 0) is 61.7 Å². The van der Waals surface area contributed by atoms with Crippen molar-refractivity contribution in [3.8, 4) is 0 Å². The van der Waals surface area contributed by atoms with Crippen LogP contribution in [0.1, 0.15) is 42.4 Å². The van der Waals surface area contributed by atoms with Crippen LogP contribution in [0.5, 0.6) is 0 Å². The molecule has 1 aromatic carbocycles. The highest BCUT2D eigenvalue weighted by molar-refractivity contribution is 6.35. The Labute approximate surface area is 208 Å². The number of ketones is 1. The molecule has 5 heterocycles. The SMILES string of the molecule is CC1C=NC(c2ccnc(Nc3cc(Cl)c4[nH]c(C(=O)C5NC5C5CCC=NCC5)cc4c3)n2)=C1. The highest BCUT2D eigenvalue weighted by Crippen LogP contribution is 2.33. The lowest BCUT2D eigenvalue weighted by Gasteiger charge is -2.10. The molecule has 2 aromatic heterocycles. The molecule has 0 spiro atoms. The quantitative estimate of drug-likeness (QED) is 0.340. The van der Waals surface area contributed by atoms with Crippen molar-refractivity contribution in [2.75, 3.05) is 11.9 Å². The van der Waals surface area contributed by atoms with E-state index < -0.39 is 0 Å². The van der Waals surface area contributed by atoms with Crippen molar-refractivity contribution in [3.63, 3.8) is 0 Å². The topological polar surface area (TPSA) is 117 Å². The number of allylic oxidation sites excluding steroid dienone is 1. The number of carbonyl (C=O) groups excluding carboxylic acids is 1. The number of carbonyl (C=O) groups is 1. The smallest absolute Gasteiger partial charge is 0.227 e. The van der Waals surface area contributed by atoms with Gasteiger partial charge in [0.1, 0.15) is 0 Å². The van der Waals surface area contributed by atoms with Gasteiger partial charge in [0.2, 0.25) is 5.95 Å². The summed E-state index contributed by atoms with van der Waals surface area (Å²) in [5.41, 5.74) is 3.66. The van der Waals surface area contributed by atoms with Crippen molar-refractivity contribution in [3.05, 3.63) is 52.9 Å². The van der Waals surface area contributed by atoms with E-state index in [1.807, 2.05) is 36.7 Å². The standard InChI is InChI=1S/C26H26ClN7O/c1-14-9-20(30-13-14)19-5-8-29-26(33-19)31-17-10-16-11-21(32-22(16)18(27)12-17)25(35)24-23(34-24)15-3-2-6-28-7-4-15/h5-6,8-15,23-24,32,34H,2-4,7H2,1H3,(H,29,31,33). The van der Waals surface area contributed by atoms with Crippen LogP contribution in [0.25, 0.3) is 16.6 Å². The molecule has 0 radical (unpaired) electrons. The lowest BCUT2D eigenvalue weighted by molar-refractivity contribution is 0.0981. The number of hydrogen-bond donors (Lipinski definition) is 3. The van der Waals surface area contributed by atoms with E-state index in [1.54, 1.807) is 6.20 Å². The zero-order chi connectivity index (χ0) is 23.9. The van der Waals surface area contributed by atoms with Gasteiger partial charge in [-0.2, -0.15) is 0 Å². The summed E-state index contributed by atoms with van der Waals surface area (Å²) < 4.78 is 0. The summed E-state index contributed by atoms with van der Waals surface area (Å²) in [7, 11) is 0. The molecule has 35 heavy (non-hydrogen) atoms. The van der Waals surface area contributed by atoms with Crippen LogP contribution in [0.3, 0.4) is 0 Å². The first kappa shape index (κ1) is 22.1. The first-order chi connectivity index (χ1) is 17.0. The second-order valence-corrected chi connectivity index (χ2v) is 9.84. The van der Waals surface area contributed by atoms with Crippen LogP contribution in [0, 0.1) is 11.8 Å². The van der Waals surface area contributed by atoms with Gasteiger partial charge in [0.15, 0.2) is 5.78 Å². The Morgan fingerprint density at radius 3 is 3.00 bits per heavy atom. The third kappa shape index (κ3) is 4.51. The molecular formula is C26H26ClN7O. The predicted octanol–water partition coefficient (Wildman–Crippen LogP) is 4.81. The number of nitrogens with one attached hydrogen (secondary N) is 3. The van der Waals surface area contributed by atoms with Crippen LogP contribution in [0.2, 0.25) is 5.02 Å². The molecule has 3 N–H and O–H groups in total. The molecule has 8 nitrogen and oxygen atoms in total. The van der Waals surface area contributed by atoms with Crippen LogP contribution in [-0.4, -0.2) is 51.8 Å². The summed E-state index contributed by atoms with van der Waals surface area (Å²) in [4.78, 5) is 34.1.